The minimum atomic E-state index is -0.109. The molecule has 108 valence electrons. The molecule has 1 aromatic rings. The largest absolute Gasteiger partial charge is 0.382 e. The Bertz CT molecular complexity index is 368. The Kier molecular flexibility index (Phi) is 7.03. The summed E-state index contributed by atoms with van der Waals surface area (Å²) in [5.74, 6) is 0.274. The molecule has 1 rings (SSSR count). The highest BCUT2D eigenvalue weighted by Crippen LogP contribution is 2.17. The fourth-order valence-electron chi connectivity index (χ4n) is 2.18. The summed E-state index contributed by atoms with van der Waals surface area (Å²) in [6.45, 7) is 7.20. The Morgan fingerprint density at radius 2 is 1.89 bits per heavy atom. The van der Waals surface area contributed by atoms with E-state index in [4.69, 9.17) is 4.74 Å². The van der Waals surface area contributed by atoms with E-state index in [1.165, 1.54) is 6.07 Å². The lowest BCUT2D eigenvalue weighted by Gasteiger charge is -2.22. The van der Waals surface area contributed by atoms with Crippen LogP contribution in [-0.2, 0) is 11.2 Å². The summed E-state index contributed by atoms with van der Waals surface area (Å²) in [4.78, 5) is 0. The van der Waals surface area contributed by atoms with E-state index < -0.39 is 0 Å². The van der Waals surface area contributed by atoms with E-state index in [1.54, 1.807) is 13.2 Å². The fourth-order valence-corrected chi connectivity index (χ4v) is 2.18. The number of halogens is 1. The summed E-state index contributed by atoms with van der Waals surface area (Å²) in [7, 11) is 1.72. The van der Waals surface area contributed by atoms with E-state index in [-0.39, 0.29) is 11.9 Å². The fraction of sp³-hybridized carbons (Fsp3) is 0.625. The standard InChI is InChI=1S/C16H26FNO/c1-12(2)18-11-14(9-13(3)19-4)10-15-7-5-6-8-16(15)17/h5-8,12-14,18H,9-11H2,1-4H3. The molecule has 0 aliphatic carbocycles. The van der Waals surface area contributed by atoms with Crippen LogP contribution < -0.4 is 5.32 Å². The van der Waals surface area contributed by atoms with Gasteiger partial charge in [-0.3, -0.25) is 0 Å². The molecular formula is C16H26FNO. The van der Waals surface area contributed by atoms with Gasteiger partial charge in [0, 0.05) is 13.2 Å². The molecule has 0 bridgehead atoms. The minimum absolute atomic E-state index is 0.109. The summed E-state index contributed by atoms with van der Waals surface area (Å²) in [6, 6.07) is 7.47. The van der Waals surface area contributed by atoms with Gasteiger partial charge in [-0.2, -0.15) is 0 Å². The molecule has 1 N–H and O–H groups in total. The van der Waals surface area contributed by atoms with E-state index in [0.29, 0.717) is 12.0 Å². The van der Waals surface area contributed by atoms with Crippen molar-refractivity contribution in [3.63, 3.8) is 0 Å². The van der Waals surface area contributed by atoms with Crippen LogP contribution in [0, 0.1) is 11.7 Å². The summed E-state index contributed by atoms with van der Waals surface area (Å²) >= 11 is 0. The second-order valence-electron chi connectivity index (χ2n) is 5.51. The van der Waals surface area contributed by atoms with Crippen LogP contribution in [0.2, 0.25) is 0 Å². The number of rotatable bonds is 8. The van der Waals surface area contributed by atoms with Crippen molar-refractivity contribution in [2.75, 3.05) is 13.7 Å². The molecule has 0 saturated carbocycles. The highest BCUT2D eigenvalue weighted by Gasteiger charge is 2.16. The first-order valence-corrected chi connectivity index (χ1v) is 7.02. The van der Waals surface area contributed by atoms with Crippen LogP contribution >= 0.6 is 0 Å². The third-order valence-electron chi connectivity index (χ3n) is 3.35. The molecule has 0 amide bonds. The summed E-state index contributed by atoms with van der Waals surface area (Å²) in [5, 5.41) is 3.44. The number of methoxy groups -OCH3 is 1. The molecule has 0 radical (unpaired) electrons. The zero-order valence-electron chi connectivity index (χ0n) is 12.4. The smallest absolute Gasteiger partial charge is 0.126 e. The van der Waals surface area contributed by atoms with Gasteiger partial charge in [-0.05, 0) is 43.9 Å². The molecule has 2 nitrogen and oxygen atoms in total. The number of nitrogens with one attached hydrogen (secondary N) is 1. The predicted octanol–water partition coefficient (Wildman–Crippen LogP) is 3.41. The monoisotopic (exact) mass is 267 g/mol. The molecule has 0 aliphatic rings. The Hall–Kier alpha value is -0.930. The van der Waals surface area contributed by atoms with Crippen LogP contribution in [0.3, 0.4) is 0 Å². The first-order valence-electron chi connectivity index (χ1n) is 7.02. The molecule has 1 aromatic carbocycles. The molecule has 0 aliphatic heterocycles. The van der Waals surface area contributed by atoms with Crippen LogP contribution in [0.5, 0.6) is 0 Å². The van der Waals surface area contributed by atoms with Gasteiger partial charge in [0.2, 0.25) is 0 Å². The number of benzene rings is 1. The van der Waals surface area contributed by atoms with Gasteiger partial charge in [-0.15, -0.1) is 0 Å². The lowest BCUT2D eigenvalue weighted by Crippen LogP contribution is -2.32. The highest BCUT2D eigenvalue weighted by molar-refractivity contribution is 5.17. The quantitative estimate of drug-likeness (QED) is 0.779. The van der Waals surface area contributed by atoms with Gasteiger partial charge >= 0.3 is 0 Å². The highest BCUT2D eigenvalue weighted by atomic mass is 19.1. The van der Waals surface area contributed by atoms with Crippen LogP contribution in [0.25, 0.3) is 0 Å². The Morgan fingerprint density at radius 3 is 2.47 bits per heavy atom. The molecule has 2 unspecified atom stereocenters. The Morgan fingerprint density at radius 1 is 1.21 bits per heavy atom. The van der Waals surface area contributed by atoms with E-state index in [9.17, 15) is 4.39 Å². The molecule has 0 saturated heterocycles. The van der Waals surface area contributed by atoms with Gasteiger partial charge in [-0.1, -0.05) is 32.0 Å². The summed E-state index contributed by atoms with van der Waals surface area (Å²) in [6.07, 6.45) is 1.88. The van der Waals surface area contributed by atoms with E-state index in [0.717, 1.165) is 24.9 Å². The summed E-state index contributed by atoms with van der Waals surface area (Å²) in [5.41, 5.74) is 0.793. The van der Waals surface area contributed by atoms with Crippen molar-refractivity contribution in [3.8, 4) is 0 Å². The van der Waals surface area contributed by atoms with E-state index in [1.807, 2.05) is 12.1 Å². The molecular weight excluding hydrogens is 241 g/mol. The van der Waals surface area contributed by atoms with Crippen LogP contribution in [0.1, 0.15) is 32.8 Å². The Balaban J connectivity index is 2.64. The van der Waals surface area contributed by atoms with Gasteiger partial charge in [0.25, 0.3) is 0 Å². The van der Waals surface area contributed by atoms with Crippen LogP contribution in [0.4, 0.5) is 4.39 Å². The summed E-state index contributed by atoms with van der Waals surface area (Å²) < 4.78 is 19.1. The van der Waals surface area contributed by atoms with Gasteiger partial charge in [0.15, 0.2) is 0 Å². The number of hydrogen-bond donors (Lipinski definition) is 1. The van der Waals surface area contributed by atoms with Crippen molar-refractivity contribution in [1.82, 2.24) is 5.32 Å². The normalized spacial score (nSPS) is 14.6. The second kappa shape index (κ2) is 8.28. The molecule has 0 aromatic heterocycles. The van der Waals surface area contributed by atoms with Gasteiger partial charge in [0.05, 0.1) is 6.10 Å². The SMILES string of the molecule is COC(C)CC(CNC(C)C)Cc1ccccc1F. The van der Waals surface area contributed by atoms with Crippen molar-refractivity contribution < 1.29 is 9.13 Å². The average Bonchev–Trinajstić information content (AvgIpc) is 2.38. The average molecular weight is 267 g/mol. The van der Waals surface area contributed by atoms with Crippen LogP contribution in [0.15, 0.2) is 24.3 Å². The number of ether oxygens (including phenoxy) is 1. The van der Waals surface area contributed by atoms with Crippen molar-refractivity contribution >= 4 is 0 Å². The zero-order chi connectivity index (χ0) is 14.3. The molecule has 0 spiro atoms. The Labute approximate surface area is 116 Å². The second-order valence-corrected chi connectivity index (χ2v) is 5.51. The maximum absolute atomic E-state index is 13.7. The molecule has 3 heteroatoms. The van der Waals surface area contributed by atoms with E-state index in [2.05, 4.69) is 26.1 Å². The maximum atomic E-state index is 13.7. The predicted molar refractivity (Wildman–Crippen MR) is 77.8 cm³/mol. The minimum Gasteiger partial charge on any atom is -0.382 e. The van der Waals surface area contributed by atoms with Gasteiger partial charge in [-0.25, -0.2) is 4.39 Å². The molecule has 2 atom stereocenters. The van der Waals surface area contributed by atoms with E-state index >= 15 is 0 Å². The lowest BCUT2D eigenvalue weighted by molar-refractivity contribution is 0.0941. The zero-order valence-corrected chi connectivity index (χ0v) is 12.4. The van der Waals surface area contributed by atoms with Crippen LogP contribution in [-0.4, -0.2) is 25.8 Å². The molecule has 0 fully saturated rings. The van der Waals surface area contributed by atoms with Crippen molar-refractivity contribution in [2.24, 2.45) is 5.92 Å². The first-order chi connectivity index (χ1) is 9.02. The topological polar surface area (TPSA) is 21.3 Å². The van der Waals surface area contributed by atoms with Gasteiger partial charge < -0.3 is 10.1 Å². The molecule has 19 heavy (non-hydrogen) atoms. The number of hydrogen-bond acceptors (Lipinski definition) is 2. The lowest BCUT2D eigenvalue weighted by atomic mass is 9.93. The third kappa shape index (κ3) is 6.17. The van der Waals surface area contributed by atoms with Crippen molar-refractivity contribution in [3.05, 3.63) is 35.6 Å². The third-order valence-corrected chi connectivity index (χ3v) is 3.35. The van der Waals surface area contributed by atoms with Crippen molar-refractivity contribution in [1.29, 1.82) is 0 Å². The van der Waals surface area contributed by atoms with Gasteiger partial charge in [0.1, 0.15) is 5.82 Å². The van der Waals surface area contributed by atoms with Crippen molar-refractivity contribution in [2.45, 2.75) is 45.8 Å². The molecule has 0 heterocycles. The first kappa shape index (κ1) is 16.1. The maximum Gasteiger partial charge on any atom is 0.126 e.